The van der Waals surface area contributed by atoms with Crippen molar-refractivity contribution in [3.05, 3.63) is 34.3 Å². The van der Waals surface area contributed by atoms with Crippen molar-refractivity contribution >= 4 is 15.9 Å². The second kappa shape index (κ2) is 7.41. The summed E-state index contributed by atoms with van der Waals surface area (Å²) in [6, 6.07) is 8.80. The number of halogens is 1. The van der Waals surface area contributed by atoms with Crippen molar-refractivity contribution in [2.75, 3.05) is 13.7 Å². The molecule has 0 saturated carbocycles. The number of likely N-dealkylation sites (N-methyl/N-ethyl adjacent to an activating group) is 1. The maximum atomic E-state index is 5.99. The Kier molecular flexibility index (Phi) is 6.51. The largest absolute Gasteiger partial charge is 0.376 e. The molecule has 0 aliphatic rings. The summed E-state index contributed by atoms with van der Waals surface area (Å²) in [4.78, 5) is 0. The SMILES string of the molecule is CCOC(C(Cc1cccc(Br)c1)NC)C(C)(C)C. The molecule has 0 aliphatic carbocycles. The van der Waals surface area contributed by atoms with Crippen LogP contribution >= 0.6 is 15.9 Å². The highest BCUT2D eigenvalue weighted by Gasteiger charge is 2.32. The first-order valence-electron chi connectivity index (χ1n) is 6.91. The Morgan fingerprint density at radius 2 is 2.00 bits per heavy atom. The van der Waals surface area contributed by atoms with Crippen molar-refractivity contribution in [1.82, 2.24) is 5.32 Å². The molecule has 19 heavy (non-hydrogen) atoms. The third-order valence-corrected chi connectivity index (χ3v) is 3.77. The van der Waals surface area contributed by atoms with Crippen molar-refractivity contribution < 1.29 is 4.74 Å². The van der Waals surface area contributed by atoms with E-state index in [4.69, 9.17) is 4.74 Å². The summed E-state index contributed by atoms with van der Waals surface area (Å²) in [5.41, 5.74) is 1.44. The number of benzene rings is 1. The lowest BCUT2D eigenvalue weighted by molar-refractivity contribution is -0.0340. The molecule has 1 N–H and O–H groups in total. The summed E-state index contributed by atoms with van der Waals surface area (Å²) in [6.45, 7) is 9.51. The smallest absolute Gasteiger partial charge is 0.0779 e. The molecule has 0 heterocycles. The topological polar surface area (TPSA) is 21.3 Å². The van der Waals surface area contributed by atoms with Crippen molar-refractivity contribution in [2.24, 2.45) is 5.41 Å². The fourth-order valence-electron chi connectivity index (χ4n) is 2.43. The Hall–Kier alpha value is -0.380. The minimum Gasteiger partial charge on any atom is -0.376 e. The molecule has 108 valence electrons. The van der Waals surface area contributed by atoms with E-state index < -0.39 is 0 Å². The van der Waals surface area contributed by atoms with Crippen LogP contribution in [0.2, 0.25) is 0 Å². The molecule has 0 aliphatic heterocycles. The molecule has 1 aromatic carbocycles. The summed E-state index contributed by atoms with van der Waals surface area (Å²) < 4.78 is 7.12. The first-order valence-corrected chi connectivity index (χ1v) is 7.71. The lowest BCUT2D eigenvalue weighted by Crippen LogP contribution is -2.48. The van der Waals surface area contributed by atoms with Gasteiger partial charge in [0.2, 0.25) is 0 Å². The second-order valence-electron chi connectivity index (χ2n) is 5.97. The zero-order chi connectivity index (χ0) is 14.5. The number of hydrogen-bond acceptors (Lipinski definition) is 2. The lowest BCUT2D eigenvalue weighted by atomic mass is 9.82. The molecule has 0 fully saturated rings. The average molecular weight is 328 g/mol. The maximum absolute atomic E-state index is 5.99. The van der Waals surface area contributed by atoms with Gasteiger partial charge in [-0.1, -0.05) is 48.8 Å². The molecule has 0 saturated heterocycles. The minimum atomic E-state index is 0.121. The maximum Gasteiger partial charge on any atom is 0.0779 e. The Balaban J connectivity index is 2.86. The Morgan fingerprint density at radius 3 is 2.47 bits per heavy atom. The third kappa shape index (κ3) is 5.25. The molecule has 2 atom stereocenters. The third-order valence-electron chi connectivity index (χ3n) is 3.28. The van der Waals surface area contributed by atoms with Crippen molar-refractivity contribution in [3.63, 3.8) is 0 Å². The Labute approximate surface area is 126 Å². The van der Waals surface area contributed by atoms with Gasteiger partial charge in [-0.25, -0.2) is 0 Å². The van der Waals surface area contributed by atoms with Gasteiger partial charge in [-0.3, -0.25) is 0 Å². The molecule has 1 aromatic rings. The van der Waals surface area contributed by atoms with Gasteiger partial charge in [-0.2, -0.15) is 0 Å². The minimum absolute atomic E-state index is 0.121. The molecular weight excluding hydrogens is 302 g/mol. The fraction of sp³-hybridized carbons (Fsp3) is 0.625. The zero-order valence-corrected chi connectivity index (χ0v) is 14.3. The molecule has 0 spiro atoms. The molecule has 1 rings (SSSR count). The van der Waals surface area contributed by atoms with Crippen LogP contribution in [0.5, 0.6) is 0 Å². The van der Waals surface area contributed by atoms with Gasteiger partial charge in [-0.15, -0.1) is 0 Å². The summed E-state index contributed by atoms with van der Waals surface area (Å²) in [6.07, 6.45) is 1.17. The van der Waals surface area contributed by atoms with E-state index in [0.29, 0.717) is 6.04 Å². The van der Waals surface area contributed by atoms with Crippen LogP contribution in [0.1, 0.15) is 33.3 Å². The van der Waals surface area contributed by atoms with E-state index in [1.807, 2.05) is 7.05 Å². The standard InChI is InChI=1S/C16H26BrNO/c1-6-19-15(16(2,3)4)14(18-5)11-12-8-7-9-13(17)10-12/h7-10,14-15,18H,6,11H2,1-5H3. The van der Waals surface area contributed by atoms with Crippen LogP contribution in [0.15, 0.2) is 28.7 Å². The van der Waals surface area contributed by atoms with E-state index in [0.717, 1.165) is 17.5 Å². The summed E-state index contributed by atoms with van der Waals surface area (Å²) in [5.74, 6) is 0. The lowest BCUT2D eigenvalue weighted by Gasteiger charge is -2.36. The quantitative estimate of drug-likeness (QED) is 0.851. The fourth-order valence-corrected chi connectivity index (χ4v) is 2.87. The molecule has 2 unspecified atom stereocenters. The predicted molar refractivity (Wildman–Crippen MR) is 85.6 cm³/mol. The molecule has 0 amide bonds. The van der Waals surface area contributed by atoms with Crippen molar-refractivity contribution in [3.8, 4) is 0 Å². The van der Waals surface area contributed by atoms with Gasteiger partial charge in [0, 0.05) is 17.1 Å². The van der Waals surface area contributed by atoms with Crippen LogP contribution in [-0.2, 0) is 11.2 Å². The van der Waals surface area contributed by atoms with Crippen molar-refractivity contribution in [1.29, 1.82) is 0 Å². The van der Waals surface area contributed by atoms with Crippen LogP contribution in [0.3, 0.4) is 0 Å². The van der Waals surface area contributed by atoms with Gasteiger partial charge >= 0.3 is 0 Å². The van der Waals surface area contributed by atoms with Gasteiger partial charge in [-0.05, 0) is 43.5 Å². The number of ether oxygens (including phenoxy) is 1. The molecule has 3 heteroatoms. The zero-order valence-electron chi connectivity index (χ0n) is 12.7. The van der Waals surface area contributed by atoms with E-state index in [9.17, 15) is 0 Å². The highest BCUT2D eigenvalue weighted by molar-refractivity contribution is 9.10. The molecule has 0 aromatic heterocycles. The van der Waals surface area contributed by atoms with Gasteiger partial charge in [0.15, 0.2) is 0 Å². The van der Waals surface area contributed by atoms with E-state index >= 15 is 0 Å². The van der Waals surface area contributed by atoms with Crippen LogP contribution in [-0.4, -0.2) is 25.8 Å². The number of hydrogen-bond donors (Lipinski definition) is 1. The van der Waals surface area contributed by atoms with Gasteiger partial charge in [0.25, 0.3) is 0 Å². The van der Waals surface area contributed by atoms with Crippen LogP contribution in [0.25, 0.3) is 0 Å². The summed E-state index contributed by atoms with van der Waals surface area (Å²) in [5, 5.41) is 3.42. The monoisotopic (exact) mass is 327 g/mol. The van der Waals surface area contributed by atoms with E-state index in [2.05, 4.69) is 73.2 Å². The number of rotatable bonds is 6. The van der Waals surface area contributed by atoms with Gasteiger partial charge < -0.3 is 10.1 Å². The van der Waals surface area contributed by atoms with Crippen LogP contribution in [0.4, 0.5) is 0 Å². The van der Waals surface area contributed by atoms with E-state index in [-0.39, 0.29) is 11.5 Å². The molecule has 0 bridgehead atoms. The van der Waals surface area contributed by atoms with Crippen LogP contribution in [0, 0.1) is 5.41 Å². The van der Waals surface area contributed by atoms with Crippen LogP contribution < -0.4 is 5.32 Å². The van der Waals surface area contributed by atoms with Gasteiger partial charge in [0.1, 0.15) is 0 Å². The predicted octanol–water partition coefficient (Wildman–Crippen LogP) is 4.03. The first kappa shape index (κ1) is 16.7. The van der Waals surface area contributed by atoms with E-state index in [1.165, 1.54) is 5.56 Å². The van der Waals surface area contributed by atoms with Gasteiger partial charge in [0.05, 0.1) is 6.10 Å². The van der Waals surface area contributed by atoms with E-state index in [1.54, 1.807) is 0 Å². The average Bonchev–Trinajstić information content (AvgIpc) is 2.32. The highest BCUT2D eigenvalue weighted by atomic mass is 79.9. The normalized spacial score (nSPS) is 15.3. The second-order valence-corrected chi connectivity index (χ2v) is 6.89. The summed E-state index contributed by atoms with van der Waals surface area (Å²) in [7, 11) is 2.01. The van der Waals surface area contributed by atoms with Crippen molar-refractivity contribution in [2.45, 2.75) is 46.3 Å². The Bertz CT molecular complexity index is 387. The molecule has 0 radical (unpaired) electrons. The Morgan fingerprint density at radius 1 is 1.32 bits per heavy atom. The molecule has 2 nitrogen and oxygen atoms in total. The molecular formula is C16H26BrNO. The summed E-state index contributed by atoms with van der Waals surface area (Å²) >= 11 is 3.53. The first-order chi connectivity index (χ1) is 8.88. The highest BCUT2D eigenvalue weighted by Crippen LogP contribution is 2.27. The number of nitrogens with one attached hydrogen (secondary N) is 1.